The van der Waals surface area contributed by atoms with Gasteiger partial charge in [-0.25, -0.2) is 4.79 Å². The minimum Gasteiger partial charge on any atom is -0.479 e. The van der Waals surface area contributed by atoms with Gasteiger partial charge in [0, 0.05) is 23.9 Å². The molecule has 0 saturated carbocycles. The molecule has 0 bridgehead atoms. The maximum atomic E-state index is 12.4. The number of aromatic nitrogens is 1. The summed E-state index contributed by atoms with van der Waals surface area (Å²) in [7, 11) is 0. The summed E-state index contributed by atoms with van der Waals surface area (Å²) >= 11 is 0. The van der Waals surface area contributed by atoms with Gasteiger partial charge in [-0.3, -0.25) is 4.79 Å². The van der Waals surface area contributed by atoms with E-state index in [-0.39, 0.29) is 13.0 Å². The molecule has 1 aliphatic rings. The van der Waals surface area contributed by atoms with Crippen LogP contribution in [0.1, 0.15) is 28.0 Å². The number of H-pyrrole nitrogens is 1. The van der Waals surface area contributed by atoms with Crippen molar-refractivity contribution in [3.63, 3.8) is 0 Å². The minimum absolute atomic E-state index is 0.00750. The Bertz CT molecular complexity index is 757. The van der Waals surface area contributed by atoms with Crippen LogP contribution in [-0.2, 0) is 9.53 Å². The zero-order valence-electron chi connectivity index (χ0n) is 12.5. The molecule has 1 aliphatic heterocycles. The first-order valence-corrected chi connectivity index (χ1v) is 7.15. The van der Waals surface area contributed by atoms with Gasteiger partial charge in [0.25, 0.3) is 5.91 Å². The van der Waals surface area contributed by atoms with E-state index >= 15 is 0 Å². The van der Waals surface area contributed by atoms with Crippen molar-refractivity contribution in [1.29, 1.82) is 0 Å². The number of carbonyl (C=O) groups excluding carboxylic acids is 1. The van der Waals surface area contributed by atoms with Gasteiger partial charge in [-0.05, 0) is 37.1 Å². The van der Waals surface area contributed by atoms with E-state index in [9.17, 15) is 14.7 Å². The van der Waals surface area contributed by atoms with E-state index in [0.717, 1.165) is 22.0 Å². The average Bonchev–Trinajstić information content (AvgIpc) is 3.05. The van der Waals surface area contributed by atoms with Crippen molar-refractivity contribution in [3.8, 4) is 0 Å². The highest BCUT2D eigenvalue weighted by Gasteiger charge is 2.44. The van der Waals surface area contributed by atoms with Crippen molar-refractivity contribution in [2.75, 3.05) is 13.2 Å². The molecule has 3 N–H and O–H groups in total. The number of fused-ring (bicyclic) bond motifs is 1. The third-order valence-electron chi connectivity index (χ3n) is 4.12. The summed E-state index contributed by atoms with van der Waals surface area (Å²) in [6.07, 6.45) is 0.270. The Hall–Kier alpha value is -2.34. The predicted molar refractivity (Wildman–Crippen MR) is 81.0 cm³/mol. The van der Waals surface area contributed by atoms with E-state index in [4.69, 9.17) is 4.74 Å². The van der Waals surface area contributed by atoms with Gasteiger partial charge in [0.1, 0.15) is 5.69 Å². The molecule has 0 aliphatic carbocycles. The molecule has 6 heteroatoms. The largest absolute Gasteiger partial charge is 0.479 e. The molecular formula is C16H18N2O4. The fraction of sp³-hybridized carbons (Fsp3) is 0.375. The van der Waals surface area contributed by atoms with Gasteiger partial charge in [-0.1, -0.05) is 6.07 Å². The normalized spacial score (nSPS) is 21.2. The lowest BCUT2D eigenvalue weighted by Gasteiger charge is -2.23. The molecule has 1 aromatic heterocycles. The Labute approximate surface area is 127 Å². The predicted octanol–water partition coefficient (Wildman–Crippen LogP) is 1.76. The number of carboxylic acids is 1. The third kappa shape index (κ3) is 2.35. The molecule has 1 amide bonds. The van der Waals surface area contributed by atoms with Crippen molar-refractivity contribution in [2.45, 2.75) is 25.8 Å². The van der Waals surface area contributed by atoms with Crippen LogP contribution in [0.3, 0.4) is 0 Å². The summed E-state index contributed by atoms with van der Waals surface area (Å²) in [6, 6.07) is 5.76. The third-order valence-corrected chi connectivity index (χ3v) is 4.12. The molecule has 116 valence electrons. The molecule has 1 saturated heterocycles. The maximum Gasteiger partial charge on any atom is 0.331 e. The second kappa shape index (κ2) is 5.14. The van der Waals surface area contributed by atoms with Crippen LogP contribution in [0.5, 0.6) is 0 Å². The van der Waals surface area contributed by atoms with Gasteiger partial charge in [-0.2, -0.15) is 0 Å². The number of hydrogen-bond acceptors (Lipinski definition) is 3. The monoisotopic (exact) mass is 302 g/mol. The first-order valence-electron chi connectivity index (χ1n) is 7.15. The number of aryl methyl sites for hydroxylation is 2. The fourth-order valence-corrected chi connectivity index (χ4v) is 2.89. The van der Waals surface area contributed by atoms with Gasteiger partial charge in [0.15, 0.2) is 5.54 Å². The van der Waals surface area contributed by atoms with Crippen LogP contribution in [-0.4, -0.2) is 40.7 Å². The van der Waals surface area contributed by atoms with Crippen molar-refractivity contribution in [2.24, 2.45) is 0 Å². The number of amides is 1. The van der Waals surface area contributed by atoms with Crippen molar-refractivity contribution in [1.82, 2.24) is 10.3 Å². The van der Waals surface area contributed by atoms with Crippen LogP contribution in [0.25, 0.3) is 10.9 Å². The first-order chi connectivity index (χ1) is 10.4. The lowest BCUT2D eigenvalue weighted by molar-refractivity contribution is -0.144. The van der Waals surface area contributed by atoms with E-state index in [1.165, 1.54) is 0 Å². The molecule has 3 rings (SSSR count). The lowest BCUT2D eigenvalue weighted by atomic mass is 9.99. The SMILES string of the molecule is Cc1cc(C)c2cc(C(=O)NC3(C(=O)O)CCOC3)[nH]c2c1. The number of aliphatic carboxylic acids is 1. The zero-order valence-corrected chi connectivity index (χ0v) is 12.5. The molecule has 0 spiro atoms. The average molecular weight is 302 g/mol. The second-order valence-corrected chi connectivity index (χ2v) is 5.87. The van der Waals surface area contributed by atoms with E-state index in [0.29, 0.717) is 12.3 Å². The molecule has 0 radical (unpaired) electrons. The van der Waals surface area contributed by atoms with Crippen LogP contribution >= 0.6 is 0 Å². The fourth-order valence-electron chi connectivity index (χ4n) is 2.89. The Morgan fingerprint density at radius 1 is 1.32 bits per heavy atom. The van der Waals surface area contributed by atoms with E-state index in [1.54, 1.807) is 6.07 Å². The maximum absolute atomic E-state index is 12.4. The number of benzene rings is 1. The number of carboxylic acid groups (broad SMARTS) is 1. The van der Waals surface area contributed by atoms with Crippen molar-refractivity contribution < 1.29 is 19.4 Å². The van der Waals surface area contributed by atoms with Crippen LogP contribution in [0.15, 0.2) is 18.2 Å². The Balaban J connectivity index is 1.92. The molecule has 1 aromatic carbocycles. The van der Waals surface area contributed by atoms with Crippen molar-refractivity contribution in [3.05, 3.63) is 35.0 Å². The number of aromatic amines is 1. The Morgan fingerprint density at radius 2 is 2.09 bits per heavy atom. The molecule has 2 aromatic rings. The quantitative estimate of drug-likeness (QED) is 0.805. The van der Waals surface area contributed by atoms with Gasteiger partial charge >= 0.3 is 5.97 Å². The number of ether oxygens (including phenoxy) is 1. The smallest absolute Gasteiger partial charge is 0.331 e. The zero-order chi connectivity index (χ0) is 15.9. The standard InChI is InChI=1S/C16H18N2O4/c1-9-5-10(2)11-7-13(17-12(11)6-9)14(19)18-16(15(20)21)3-4-22-8-16/h5-7,17H,3-4,8H2,1-2H3,(H,18,19)(H,20,21). The summed E-state index contributed by atoms with van der Waals surface area (Å²) in [4.78, 5) is 26.9. The summed E-state index contributed by atoms with van der Waals surface area (Å²) in [5.41, 5.74) is 2.07. The topological polar surface area (TPSA) is 91.4 Å². The Morgan fingerprint density at radius 3 is 2.73 bits per heavy atom. The highest BCUT2D eigenvalue weighted by molar-refractivity contribution is 6.01. The van der Waals surface area contributed by atoms with Gasteiger partial charge in [-0.15, -0.1) is 0 Å². The molecule has 2 heterocycles. The number of carbonyl (C=O) groups is 2. The highest BCUT2D eigenvalue weighted by Crippen LogP contribution is 2.23. The molecule has 1 atom stereocenters. The minimum atomic E-state index is -1.33. The van der Waals surface area contributed by atoms with Crippen LogP contribution < -0.4 is 5.32 Å². The van der Waals surface area contributed by atoms with Crippen molar-refractivity contribution >= 4 is 22.8 Å². The number of nitrogens with one attached hydrogen (secondary N) is 2. The van der Waals surface area contributed by atoms with Crippen LogP contribution in [0.4, 0.5) is 0 Å². The van der Waals surface area contributed by atoms with Gasteiger partial charge in [0.05, 0.1) is 6.61 Å². The molecule has 1 unspecified atom stereocenters. The van der Waals surface area contributed by atoms with Gasteiger partial charge in [0.2, 0.25) is 0 Å². The highest BCUT2D eigenvalue weighted by atomic mass is 16.5. The van der Waals surface area contributed by atoms with Gasteiger partial charge < -0.3 is 20.1 Å². The lowest BCUT2D eigenvalue weighted by Crippen LogP contribution is -2.55. The van der Waals surface area contributed by atoms with E-state index < -0.39 is 17.4 Å². The molecular weight excluding hydrogens is 284 g/mol. The number of hydrogen-bond donors (Lipinski definition) is 3. The summed E-state index contributed by atoms with van der Waals surface area (Å²) in [5, 5.41) is 12.9. The Kier molecular flexibility index (Phi) is 3.41. The van der Waals surface area contributed by atoms with Crippen LogP contribution in [0.2, 0.25) is 0 Å². The first kappa shape index (κ1) is 14.6. The van der Waals surface area contributed by atoms with Crippen LogP contribution in [0, 0.1) is 13.8 Å². The molecule has 6 nitrogen and oxygen atoms in total. The molecule has 22 heavy (non-hydrogen) atoms. The summed E-state index contributed by atoms with van der Waals surface area (Å²) < 4.78 is 5.15. The second-order valence-electron chi connectivity index (χ2n) is 5.87. The summed E-state index contributed by atoms with van der Waals surface area (Å²) in [5.74, 6) is -1.50. The molecule has 1 fully saturated rings. The summed E-state index contributed by atoms with van der Waals surface area (Å²) in [6.45, 7) is 4.29. The van der Waals surface area contributed by atoms with E-state index in [1.807, 2.05) is 26.0 Å². The van der Waals surface area contributed by atoms with E-state index in [2.05, 4.69) is 10.3 Å². The number of rotatable bonds is 3.